The number of rotatable bonds is 4. The minimum absolute atomic E-state index is 0.0264. The quantitative estimate of drug-likeness (QED) is 0.599. The molecule has 2 heterocycles. The highest BCUT2D eigenvalue weighted by Gasteiger charge is 2.64. The van der Waals surface area contributed by atoms with E-state index >= 15 is 0 Å². The molecule has 0 saturated carbocycles. The number of methoxy groups -OCH3 is 1. The summed E-state index contributed by atoms with van der Waals surface area (Å²) >= 11 is 5.84. The Morgan fingerprint density at radius 3 is 2.23 bits per heavy atom. The van der Waals surface area contributed by atoms with Gasteiger partial charge in [0, 0.05) is 49.7 Å². The average Bonchev–Trinajstić information content (AvgIpc) is 2.81. The Morgan fingerprint density at radius 2 is 1.69 bits per heavy atom. The van der Waals surface area contributed by atoms with Gasteiger partial charge in [0.25, 0.3) is 11.5 Å². The van der Waals surface area contributed by atoms with Gasteiger partial charge in [0.15, 0.2) is 0 Å². The summed E-state index contributed by atoms with van der Waals surface area (Å²) in [6.45, 7) is 0.394. The van der Waals surface area contributed by atoms with Gasteiger partial charge in [-0.05, 0) is 48.1 Å². The summed E-state index contributed by atoms with van der Waals surface area (Å²) in [4.78, 5) is 26.9. The third-order valence-corrected chi connectivity index (χ3v) is 7.58. The fourth-order valence-corrected chi connectivity index (χ4v) is 5.55. The molecule has 2 fully saturated rings. The highest BCUT2D eigenvalue weighted by molar-refractivity contribution is 6.30. The van der Waals surface area contributed by atoms with Crippen molar-refractivity contribution in [2.45, 2.75) is 37.0 Å². The van der Waals surface area contributed by atoms with E-state index in [9.17, 15) is 27.2 Å². The zero-order valence-electron chi connectivity index (χ0n) is 19.0. The van der Waals surface area contributed by atoms with E-state index in [0.29, 0.717) is 19.4 Å². The van der Waals surface area contributed by atoms with E-state index in [0.717, 1.165) is 29.7 Å². The molecule has 2 aromatic rings. The Hall–Kier alpha value is -2.65. The number of nitrogens with zero attached hydrogens (tertiary/aromatic N) is 1. The maximum absolute atomic E-state index is 14.4. The molecule has 2 aromatic carbocycles. The van der Waals surface area contributed by atoms with Gasteiger partial charge < -0.3 is 15.0 Å². The molecule has 0 radical (unpaired) electrons. The maximum Gasteiger partial charge on any atom is 0.430 e. The van der Waals surface area contributed by atoms with E-state index in [4.69, 9.17) is 16.3 Å². The minimum atomic E-state index is -5.02. The van der Waals surface area contributed by atoms with Crippen LogP contribution in [0.2, 0.25) is 5.02 Å². The van der Waals surface area contributed by atoms with Crippen LogP contribution in [0.15, 0.2) is 48.5 Å². The second kappa shape index (κ2) is 9.43. The molecule has 2 amide bonds. The summed E-state index contributed by atoms with van der Waals surface area (Å²) in [7, 11) is 0.863. The van der Waals surface area contributed by atoms with Crippen molar-refractivity contribution in [3.63, 3.8) is 0 Å². The Morgan fingerprint density at radius 1 is 1.09 bits per heavy atom. The van der Waals surface area contributed by atoms with Crippen molar-refractivity contribution < 1.29 is 31.9 Å². The van der Waals surface area contributed by atoms with Crippen LogP contribution in [0.25, 0.3) is 0 Å². The molecule has 5 nitrogen and oxygen atoms in total. The van der Waals surface area contributed by atoms with Crippen LogP contribution in [-0.2, 0) is 19.9 Å². The molecule has 2 atom stereocenters. The highest BCUT2D eigenvalue weighted by Crippen LogP contribution is 2.50. The Labute approximate surface area is 205 Å². The lowest BCUT2D eigenvalue weighted by Crippen LogP contribution is -2.60. The number of piperidine rings is 2. The first-order chi connectivity index (χ1) is 16.5. The van der Waals surface area contributed by atoms with E-state index < -0.39 is 23.1 Å². The van der Waals surface area contributed by atoms with Crippen molar-refractivity contribution in [1.29, 1.82) is 0 Å². The van der Waals surface area contributed by atoms with Gasteiger partial charge in [0.2, 0.25) is 5.91 Å². The van der Waals surface area contributed by atoms with Gasteiger partial charge in [-0.25, -0.2) is 4.39 Å². The van der Waals surface area contributed by atoms with Crippen LogP contribution in [0.3, 0.4) is 0 Å². The summed E-state index contributed by atoms with van der Waals surface area (Å²) < 4.78 is 61.6. The summed E-state index contributed by atoms with van der Waals surface area (Å²) in [5, 5.41) is 3.07. The van der Waals surface area contributed by atoms with Gasteiger partial charge in [-0.3, -0.25) is 9.59 Å². The Bertz CT molecular complexity index is 1080. The van der Waals surface area contributed by atoms with Crippen molar-refractivity contribution in [2.24, 2.45) is 5.41 Å². The second-order valence-electron chi connectivity index (χ2n) is 9.13. The van der Waals surface area contributed by atoms with Crippen LogP contribution in [0.4, 0.5) is 17.6 Å². The normalized spacial score (nSPS) is 21.9. The average molecular weight is 513 g/mol. The predicted molar refractivity (Wildman–Crippen MR) is 121 cm³/mol. The number of carbonyl (C=O) groups is 2. The molecule has 0 unspecified atom stereocenters. The van der Waals surface area contributed by atoms with Gasteiger partial charge in [-0.1, -0.05) is 35.9 Å². The molecule has 2 aliphatic heterocycles. The lowest BCUT2D eigenvalue weighted by Gasteiger charge is -2.50. The fraction of sp³-hybridized carbons (Fsp3) is 0.440. The molecular weight excluding hydrogens is 488 g/mol. The number of halogens is 5. The molecule has 0 aliphatic carbocycles. The number of nitrogens with one attached hydrogen (secondary N) is 1. The first-order valence-electron chi connectivity index (χ1n) is 11.2. The van der Waals surface area contributed by atoms with Crippen molar-refractivity contribution in [2.75, 3.05) is 26.7 Å². The van der Waals surface area contributed by atoms with Gasteiger partial charge in [-0.15, -0.1) is 0 Å². The standard InChI is InChI=1S/C25H25ClF4N2O3/c1-35-24(25(28,29)30,17-4-6-18(26)7-5-17)22(34)32-12-10-23(11-13-32)14-21(33)31-15-20(23)16-2-8-19(27)9-3-16/h2-9,20H,10-15H2,1H3,(H,31,33)/t20-,24-/m0/s1. The van der Waals surface area contributed by atoms with Gasteiger partial charge in [0.05, 0.1) is 0 Å². The third kappa shape index (κ3) is 4.51. The molecule has 1 N–H and O–H groups in total. The topological polar surface area (TPSA) is 58.6 Å². The van der Waals surface area contributed by atoms with E-state index in [-0.39, 0.29) is 47.7 Å². The lowest BCUT2D eigenvalue weighted by atomic mass is 9.62. The van der Waals surface area contributed by atoms with Crippen LogP contribution in [-0.4, -0.2) is 49.6 Å². The highest BCUT2D eigenvalue weighted by atomic mass is 35.5. The van der Waals surface area contributed by atoms with Crippen molar-refractivity contribution in [3.8, 4) is 0 Å². The van der Waals surface area contributed by atoms with Crippen molar-refractivity contribution >= 4 is 23.4 Å². The van der Waals surface area contributed by atoms with Crippen LogP contribution in [0.1, 0.15) is 36.3 Å². The largest absolute Gasteiger partial charge is 0.430 e. The van der Waals surface area contributed by atoms with E-state index in [1.165, 1.54) is 24.3 Å². The van der Waals surface area contributed by atoms with Crippen LogP contribution >= 0.6 is 11.6 Å². The maximum atomic E-state index is 14.4. The Balaban J connectivity index is 1.62. The minimum Gasteiger partial charge on any atom is -0.356 e. The number of hydrogen-bond acceptors (Lipinski definition) is 3. The molecule has 4 rings (SSSR count). The van der Waals surface area contributed by atoms with Crippen LogP contribution in [0.5, 0.6) is 0 Å². The first kappa shape index (κ1) is 25.4. The first-order valence-corrected chi connectivity index (χ1v) is 11.6. The summed E-state index contributed by atoms with van der Waals surface area (Å²) in [5.74, 6) is -1.88. The van der Waals surface area contributed by atoms with E-state index in [1.807, 2.05) is 0 Å². The van der Waals surface area contributed by atoms with Gasteiger partial charge in [-0.2, -0.15) is 13.2 Å². The number of alkyl halides is 3. The third-order valence-electron chi connectivity index (χ3n) is 7.33. The zero-order chi connectivity index (χ0) is 25.4. The summed E-state index contributed by atoms with van der Waals surface area (Å²) in [5.41, 5.74) is -3.24. The fourth-order valence-electron chi connectivity index (χ4n) is 5.42. The summed E-state index contributed by atoms with van der Waals surface area (Å²) in [6, 6.07) is 10.9. The van der Waals surface area contributed by atoms with Gasteiger partial charge in [0.1, 0.15) is 5.82 Å². The predicted octanol–water partition coefficient (Wildman–Crippen LogP) is 4.80. The molecule has 0 bridgehead atoms. The smallest absolute Gasteiger partial charge is 0.356 e. The molecule has 2 aliphatic rings. The number of likely N-dealkylation sites (tertiary alicyclic amines) is 1. The number of benzene rings is 2. The van der Waals surface area contributed by atoms with Crippen LogP contribution < -0.4 is 5.32 Å². The van der Waals surface area contributed by atoms with E-state index in [2.05, 4.69) is 5.32 Å². The SMILES string of the molecule is CO[C@](C(=O)N1CCC2(CC1)CC(=O)NC[C@H]2c1ccc(F)cc1)(c1ccc(Cl)cc1)C(F)(F)F. The zero-order valence-corrected chi connectivity index (χ0v) is 19.8. The number of carbonyl (C=O) groups excluding carboxylic acids is 2. The Kier molecular flexibility index (Phi) is 6.85. The molecular formula is C25H25ClF4N2O3. The molecule has 10 heteroatoms. The molecule has 35 heavy (non-hydrogen) atoms. The lowest BCUT2D eigenvalue weighted by molar-refractivity contribution is -0.271. The van der Waals surface area contributed by atoms with Crippen molar-refractivity contribution in [1.82, 2.24) is 10.2 Å². The molecule has 2 saturated heterocycles. The number of hydrogen-bond donors (Lipinski definition) is 1. The van der Waals surface area contributed by atoms with Crippen LogP contribution in [0, 0.1) is 11.2 Å². The number of ether oxygens (including phenoxy) is 1. The summed E-state index contributed by atoms with van der Waals surface area (Å²) in [6.07, 6.45) is -4.19. The number of amides is 2. The molecule has 0 aromatic heterocycles. The van der Waals surface area contributed by atoms with Gasteiger partial charge >= 0.3 is 6.18 Å². The monoisotopic (exact) mass is 512 g/mol. The second-order valence-corrected chi connectivity index (χ2v) is 9.57. The van der Waals surface area contributed by atoms with Crippen molar-refractivity contribution in [3.05, 3.63) is 70.5 Å². The molecule has 188 valence electrons. The molecule has 1 spiro atoms. The van der Waals surface area contributed by atoms with E-state index in [1.54, 1.807) is 12.1 Å².